The van der Waals surface area contributed by atoms with Crippen molar-refractivity contribution >= 4 is 5.91 Å². The zero-order valence-electron chi connectivity index (χ0n) is 12.6. The summed E-state index contributed by atoms with van der Waals surface area (Å²) in [5.41, 5.74) is 6.49. The second-order valence-electron chi connectivity index (χ2n) is 5.27. The van der Waals surface area contributed by atoms with Crippen molar-refractivity contribution in [3.63, 3.8) is 0 Å². The molecule has 0 aromatic heterocycles. The summed E-state index contributed by atoms with van der Waals surface area (Å²) in [5, 5.41) is 10.4. The molecule has 20 heavy (non-hydrogen) atoms. The summed E-state index contributed by atoms with van der Waals surface area (Å²) in [6.07, 6.45) is 1.02. The predicted molar refractivity (Wildman–Crippen MR) is 81.1 cm³/mol. The molecule has 1 amide bonds. The molecule has 0 spiro atoms. The highest BCUT2D eigenvalue weighted by Gasteiger charge is 2.27. The van der Waals surface area contributed by atoms with Crippen molar-refractivity contribution in [2.24, 2.45) is 11.7 Å². The Bertz CT molecular complexity index is 408. The molecule has 4 nitrogen and oxygen atoms in total. The van der Waals surface area contributed by atoms with E-state index in [9.17, 15) is 9.90 Å². The first-order valence-corrected chi connectivity index (χ1v) is 7.22. The molecule has 1 rings (SSSR count). The third kappa shape index (κ3) is 4.05. The number of aliphatic hydroxyl groups is 1. The van der Waals surface area contributed by atoms with Gasteiger partial charge in [0.1, 0.15) is 0 Å². The predicted octanol–water partition coefficient (Wildman–Crippen LogP) is 1.94. The Hall–Kier alpha value is -1.39. The Morgan fingerprint density at radius 3 is 2.45 bits per heavy atom. The van der Waals surface area contributed by atoms with Gasteiger partial charge in [0.05, 0.1) is 18.1 Å². The minimum absolute atomic E-state index is 0.0110. The molecule has 0 fully saturated rings. The summed E-state index contributed by atoms with van der Waals surface area (Å²) in [4.78, 5) is 14.0. The molecule has 0 aliphatic heterocycles. The van der Waals surface area contributed by atoms with Crippen LogP contribution in [0.3, 0.4) is 0 Å². The second-order valence-corrected chi connectivity index (χ2v) is 5.27. The first kappa shape index (κ1) is 16.7. The molecule has 0 unspecified atom stereocenters. The fourth-order valence-electron chi connectivity index (χ4n) is 2.32. The van der Waals surface area contributed by atoms with E-state index in [1.165, 1.54) is 0 Å². The van der Waals surface area contributed by atoms with Crippen molar-refractivity contribution in [1.82, 2.24) is 4.90 Å². The minimum Gasteiger partial charge on any atom is -0.386 e. The van der Waals surface area contributed by atoms with E-state index in [1.807, 2.05) is 44.2 Å². The number of likely N-dealkylation sites (N-methyl/N-ethyl adjacent to an activating group) is 1. The molecular weight excluding hydrogens is 252 g/mol. The first-order chi connectivity index (χ1) is 9.52. The Morgan fingerprint density at radius 2 is 1.95 bits per heavy atom. The van der Waals surface area contributed by atoms with E-state index < -0.39 is 6.10 Å². The molecule has 0 aliphatic carbocycles. The highest BCUT2D eigenvalue weighted by Crippen LogP contribution is 2.21. The zero-order chi connectivity index (χ0) is 15.1. The molecule has 0 saturated heterocycles. The van der Waals surface area contributed by atoms with Crippen LogP contribution in [0.4, 0.5) is 0 Å². The lowest BCUT2D eigenvalue weighted by atomic mass is 9.98. The number of hydrogen-bond acceptors (Lipinski definition) is 3. The normalized spacial score (nSPS) is 15.4. The van der Waals surface area contributed by atoms with Crippen LogP contribution >= 0.6 is 0 Å². The average Bonchev–Trinajstić information content (AvgIpc) is 2.50. The maximum absolute atomic E-state index is 12.4. The van der Waals surface area contributed by atoms with Crippen LogP contribution in [0.2, 0.25) is 0 Å². The van der Waals surface area contributed by atoms with Crippen LogP contribution in [0, 0.1) is 5.92 Å². The van der Waals surface area contributed by atoms with Gasteiger partial charge < -0.3 is 15.7 Å². The van der Waals surface area contributed by atoms with Crippen molar-refractivity contribution < 1.29 is 9.90 Å². The number of aliphatic hydroxyl groups excluding tert-OH is 1. The summed E-state index contributed by atoms with van der Waals surface area (Å²) in [7, 11) is 1.73. The van der Waals surface area contributed by atoms with Gasteiger partial charge in [-0.05, 0) is 18.9 Å². The molecule has 1 aromatic rings. The molecule has 0 bridgehead atoms. The lowest BCUT2D eigenvalue weighted by Crippen LogP contribution is -2.44. The number of carbonyl (C=O) groups is 1. The van der Waals surface area contributed by atoms with Gasteiger partial charge in [-0.3, -0.25) is 4.79 Å². The van der Waals surface area contributed by atoms with E-state index in [-0.39, 0.29) is 17.9 Å². The number of rotatable bonds is 7. The highest BCUT2D eigenvalue weighted by molar-refractivity contribution is 5.79. The average molecular weight is 278 g/mol. The molecule has 3 atom stereocenters. The fourth-order valence-corrected chi connectivity index (χ4v) is 2.32. The van der Waals surface area contributed by atoms with Crippen LogP contribution in [-0.2, 0) is 4.79 Å². The summed E-state index contributed by atoms with van der Waals surface area (Å²) in [6.45, 7) is 4.25. The Labute approximate surface area is 121 Å². The largest absolute Gasteiger partial charge is 0.386 e. The number of nitrogens with zero attached hydrogens (tertiary/aromatic N) is 1. The minimum atomic E-state index is -0.690. The Kier molecular flexibility index (Phi) is 6.68. The van der Waals surface area contributed by atoms with Crippen LogP contribution in [0.1, 0.15) is 38.4 Å². The number of amides is 1. The Morgan fingerprint density at radius 1 is 1.35 bits per heavy atom. The van der Waals surface area contributed by atoms with Gasteiger partial charge in [0, 0.05) is 13.6 Å². The fraction of sp³-hybridized carbons (Fsp3) is 0.562. The van der Waals surface area contributed by atoms with Crippen LogP contribution in [0.15, 0.2) is 30.3 Å². The van der Waals surface area contributed by atoms with E-state index in [0.29, 0.717) is 6.54 Å². The number of nitrogens with two attached hydrogens (primary N) is 1. The van der Waals surface area contributed by atoms with Gasteiger partial charge in [0.25, 0.3) is 0 Å². The number of hydrogen-bond donors (Lipinski definition) is 2. The van der Waals surface area contributed by atoms with Gasteiger partial charge in [-0.2, -0.15) is 0 Å². The number of benzene rings is 1. The van der Waals surface area contributed by atoms with Crippen LogP contribution in [0.5, 0.6) is 0 Å². The molecule has 1 aromatic carbocycles. The summed E-state index contributed by atoms with van der Waals surface area (Å²) in [5.74, 6) is -0.146. The van der Waals surface area contributed by atoms with Crippen molar-refractivity contribution in [3.05, 3.63) is 35.9 Å². The van der Waals surface area contributed by atoms with Gasteiger partial charge in [-0.1, -0.05) is 43.7 Å². The molecule has 112 valence electrons. The topological polar surface area (TPSA) is 66.6 Å². The molecule has 0 heterocycles. The summed E-state index contributed by atoms with van der Waals surface area (Å²) in [6, 6.07) is 9.12. The highest BCUT2D eigenvalue weighted by atomic mass is 16.3. The molecule has 4 heteroatoms. The summed E-state index contributed by atoms with van der Waals surface area (Å²) < 4.78 is 0. The Balaban J connectivity index is 2.75. The molecule has 0 radical (unpaired) electrons. The SMILES string of the molecule is CCC[C@H](CN)C(=O)N(C)[C@H](C)[C@H](O)c1ccccc1. The van der Waals surface area contributed by atoms with Crippen LogP contribution in [-0.4, -0.2) is 35.5 Å². The third-order valence-electron chi connectivity index (χ3n) is 3.83. The lowest BCUT2D eigenvalue weighted by molar-refractivity contribution is -0.138. The van der Waals surface area contributed by atoms with Crippen molar-refractivity contribution in [1.29, 1.82) is 0 Å². The first-order valence-electron chi connectivity index (χ1n) is 7.22. The molecular formula is C16H26N2O2. The van der Waals surface area contributed by atoms with Gasteiger partial charge in [-0.15, -0.1) is 0 Å². The van der Waals surface area contributed by atoms with E-state index in [0.717, 1.165) is 18.4 Å². The molecule has 3 N–H and O–H groups in total. The maximum atomic E-state index is 12.4. The standard InChI is InChI=1S/C16H26N2O2/c1-4-8-14(11-17)16(20)18(3)12(2)15(19)13-9-6-5-7-10-13/h5-7,9-10,12,14-15,19H,4,8,11,17H2,1-3H3/t12-,14-,15+/m1/s1. The van der Waals surface area contributed by atoms with Crippen molar-refractivity contribution in [3.8, 4) is 0 Å². The third-order valence-corrected chi connectivity index (χ3v) is 3.83. The maximum Gasteiger partial charge on any atom is 0.227 e. The quantitative estimate of drug-likeness (QED) is 0.801. The van der Waals surface area contributed by atoms with E-state index >= 15 is 0 Å². The second kappa shape index (κ2) is 8.02. The number of carbonyl (C=O) groups excluding carboxylic acids is 1. The van der Waals surface area contributed by atoms with Crippen LogP contribution in [0.25, 0.3) is 0 Å². The van der Waals surface area contributed by atoms with E-state index in [4.69, 9.17) is 5.73 Å². The van der Waals surface area contributed by atoms with Crippen molar-refractivity contribution in [2.75, 3.05) is 13.6 Å². The van der Waals surface area contributed by atoms with Gasteiger partial charge >= 0.3 is 0 Å². The van der Waals surface area contributed by atoms with Gasteiger partial charge in [0.2, 0.25) is 5.91 Å². The zero-order valence-corrected chi connectivity index (χ0v) is 12.6. The van der Waals surface area contributed by atoms with Crippen LogP contribution < -0.4 is 5.73 Å². The van der Waals surface area contributed by atoms with Gasteiger partial charge in [0.15, 0.2) is 0 Å². The smallest absolute Gasteiger partial charge is 0.227 e. The molecule has 0 saturated carbocycles. The van der Waals surface area contributed by atoms with E-state index in [2.05, 4.69) is 0 Å². The molecule has 0 aliphatic rings. The lowest BCUT2D eigenvalue weighted by Gasteiger charge is -2.31. The monoisotopic (exact) mass is 278 g/mol. The van der Waals surface area contributed by atoms with Gasteiger partial charge in [-0.25, -0.2) is 0 Å². The summed E-state index contributed by atoms with van der Waals surface area (Å²) >= 11 is 0. The van der Waals surface area contributed by atoms with Crippen molar-refractivity contribution in [2.45, 2.75) is 38.8 Å². The van der Waals surface area contributed by atoms with E-state index in [1.54, 1.807) is 11.9 Å².